The van der Waals surface area contributed by atoms with Crippen molar-refractivity contribution in [2.45, 2.75) is 100 Å². The molecule has 2 aliphatic carbocycles. The highest BCUT2D eigenvalue weighted by atomic mass is 16.6. The van der Waals surface area contributed by atoms with Crippen molar-refractivity contribution in [2.24, 2.45) is 29.6 Å². The lowest BCUT2D eigenvalue weighted by Crippen LogP contribution is -2.33. The summed E-state index contributed by atoms with van der Waals surface area (Å²) in [6, 6.07) is 5.73. The first-order chi connectivity index (χ1) is 18.9. The van der Waals surface area contributed by atoms with Crippen LogP contribution in [0.15, 0.2) is 41.7 Å². The Morgan fingerprint density at radius 1 is 1.05 bits per heavy atom. The molecule has 0 aromatic heterocycles. The van der Waals surface area contributed by atoms with Gasteiger partial charge in [-0.05, 0) is 94.3 Å². The minimum Gasteiger partial charge on any atom is -0.496 e. The first-order valence-electron chi connectivity index (χ1n) is 14.9. The van der Waals surface area contributed by atoms with E-state index in [1.807, 2.05) is 38.1 Å². The van der Waals surface area contributed by atoms with Crippen molar-refractivity contribution in [3.05, 3.63) is 47.2 Å². The summed E-state index contributed by atoms with van der Waals surface area (Å²) in [6.07, 6.45) is 11.1. The van der Waals surface area contributed by atoms with Crippen LogP contribution in [-0.2, 0) is 25.5 Å². The molecule has 2 saturated carbocycles. The van der Waals surface area contributed by atoms with Gasteiger partial charge in [-0.2, -0.15) is 0 Å². The van der Waals surface area contributed by atoms with Crippen LogP contribution in [0, 0.1) is 29.6 Å². The topological polar surface area (TPSA) is 71.1 Å². The molecule has 0 saturated heterocycles. The largest absolute Gasteiger partial charge is 0.496 e. The summed E-state index contributed by atoms with van der Waals surface area (Å²) in [7, 11) is 1.64. The van der Waals surface area contributed by atoms with Gasteiger partial charge in [-0.25, -0.2) is 0 Å². The fourth-order valence-electron chi connectivity index (χ4n) is 5.83. The highest BCUT2D eigenvalue weighted by molar-refractivity contribution is 5.67. The minimum atomic E-state index is -0.677. The molecule has 224 valence electrons. The zero-order valence-electron chi connectivity index (χ0n) is 26.3. The zero-order chi connectivity index (χ0) is 29.8. The van der Waals surface area contributed by atoms with E-state index in [4.69, 9.17) is 18.9 Å². The Balaban J connectivity index is 0.000000585. The van der Waals surface area contributed by atoms with Crippen LogP contribution in [0.5, 0.6) is 11.5 Å². The predicted octanol–water partition coefficient (Wildman–Crippen LogP) is 8.09. The summed E-state index contributed by atoms with van der Waals surface area (Å²) in [5.41, 5.74) is 2.13. The minimum absolute atomic E-state index is 0.0907. The molecule has 6 heteroatoms. The number of allylic oxidation sites excluding steroid dienone is 2. The fourth-order valence-corrected chi connectivity index (χ4v) is 5.83. The van der Waals surface area contributed by atoms with Crippen LogP contribution in [0.4, 0.5) is 0 Å². The van der Waals surface area contributed by atoms with Gasteiger partial charge in [0.25, 0.3) is 0 Å². The van der Waals surface area contributed by atoms with Crippen molar-refractivity contribution in [3.63, 3.8) is 0 Å². The first kappa shape index (κ1) is 33.4. The molecule has 5 atom stereocenters. The molecular weight excluding hydrogens is 504 g/mol. The molecule has 6 nitrogen and oxygen atoms in total. The van der Waals surface area contributed by atoms with Crippen LogP contribution >= 0.6 is 0 Å². The van der Waals surface area contributed by atoms with Gasteiger partial charge in [0.1, 0.15) is 23.9 Å². The molecule has 0 N–H and O–H groups in total. The number of aryl methyl sites for hydroxylation is 1. The lowest BCUT2D eigenvalue weighted by Gasteiger charge is -2.28. The lowest BCUT2D eigenvalue weighted by molar-refractivity contribution is -0.144. The van der Waals surface area contributed by atoms with E-state index in [0.717, 1.165) is 47.5 Å². The second-order valence-corrected chi connectivity index (χ2v) is 12.1. The van der Waals surface area contributed by atoms with Gasteiger partial charge in [0.2, 0.25) is 0 Å². The number of carbonyl (C=O) groups excluding carboxylic acids is 2. The number of methoxy groups -OCH3 is 1. The van der Waals surface area contributed by atoms with Gasteiger partial charge in [-0.1, -0.05) is 44.9 Å². The van der Waals surface area contributed by atoms with Crippen molar-refractivity contribution >= 4 is 11.9 Å². The van der Waals surface area contributed by atoms with Gasteiger partial charge in [-0.3, -0.25) is 9.59 Å². The maximum atomic E-state index is 11.7. The van der Waals surface area contributed by atoms with Crippen LogP contribution in [0.3, 0.4) is 0 Å². The Kier molecular flexibility index (Phi) is 13.8. The highest BCUT2D eigenvalue weighted by Crippen LogP contribution is 2.47. The van der Waals surface area contributed by atoms with E-state index in [1.54, 1.807) is 45.8 Å². The fraction of sp³-hybridized carbons (Fsp3) is 0.647. The van der Waals surface area contributed by atoms with Crippen LogP contribution in [-0.4, -0.2) is 31.8 Å². The second-order valence-electron chi connectivity index (χ2n) is 12.1. The van der Waals surface area contributed by atoms with Crippen molar-refractivity contribution in [1.29, 1.82) is 0 Å². The van der Waals surface area contributed by atoms with E-state index in [9.17, 15) is 9.59 Å². The Morgan fingerprint density at radius 3 is 2.23 bits per heavy atom. The van der Waals surface area contributed by atoms with Gasteiger partial charge in [0.05, 0.1) is 13.0 Å². The van der Waals surface area contributed by atoms with E-state index in [-0.39, 0.29) is 18.5 Å². The van der Waals surface area contributed by atoms with Gasteiger partial charge in [0, 0.05) is 19.9 Å². The van der Waals surface area contributed by atoms with Gasteiger partial charge in [-0.15, -0.1) is 0 Å². The van der Waals surface area contributed by atoms with Crippen LogP contribution in [0.25, 0.3) is 0 Å². The van der Waals surface area contributed by atoms with Gasteiger partial charge < -0.3 is 18.9 Å². The molecule has 3 rings (SSSR count). The second kappa shape index (κ2) is 16.5. The van der Waals surface area contributed by atoms with Crippen molar-refractivity contribution in [1.82, 2.24) is 0 Å². The smallest absolute Gasteiger partial charge is 0.307 e. The SMILES string of the molecule is C/C=C(/OC(C)=O)C(Oc1ccc(CCC(C)C)c(OC)c1)C(C=C(C)C)COC(C)=O.CC1CC2CCC1C2. The average Bonchev–Trinajstić information content (AvgIpc) is 3.50. The van der Waals surface area contributed by atoms with Crippen LogP contribution in [0.1, 0.15) is 93.1 Å². The molecule has 1 aromatic carbocycles. The van der Waals surface area contributed by atoms with E-state index < -0.39 is 12.1 Å². The number of carbonyl (C=O) groups is 2. The third kappa shape index (κ3) is 11.0. The molecule has 2 aliphatic rings. The molecular formula is C34H52O6. The zero-order valence-corrected chi connectivity index (χ0v) is 26.3. The van der Waals surface area contributed by atoms with Crippen molar-refractivity contribution in [2.75, 3.05) is 13.7 Å². The number of hydrogen-bond donors (Lipinski definition) is 0. The number of rotatable bonds is 12. The summed E-state index contributed by atoms with van der Waals surface area (Å²) in [4.78, 5) is 23.2. The van der Waals surface area contributed by atoms with Crippen molar-refractivity contribution in [3.8, 4) is 11.5 Å². The number of hydrogen-bond acceptors (Lipinski definition) is 6. The molecule has 0 radical (unpaired) electrons. The molecule has 5 unspecified atom stereocenters. The molecule has 0 heterocycles. The molecule has 0 amide bonds. The third-order valence-corrected chi connectivity index (χ3v) is 7.85. The Morgan fingerprint density at radius 2 is 1.77 bits per heavy atom. The summed E-state index contributed by atoms with van der Waals surface area (Å²) in [6.45, 7) is 15.3. The molecule has 2 bridgehead atoms. The number of benzene rings is 1. The maximum absolute atomic E-state index is 11.7. The summed E-state index contributed by atoms with van der Waals surface area (Å²) >= 11 is 0. The molecule has 0 spiro atoms. The first-order valence-corrected chi connectivity index (χ1v) is 14.9. The monoisotopic (exact) mass is 556 g/mol. The van der Waals surface area contributed by atoms with Gasteiger partial charge >= 0.3 is 11.9 Å². The van der Waals surface area contributed by atoms with E-state index in [2.05, 4.69) is 20.8 Å². The predicted molar refractivity (Wildman–Crippen MR) is 160 cm³/mol. The average molecular weight is 557 g/mol. The van der Waals surface area contributed by atoms with E-state index >= 15 is 0 Å². The van der Waals surface area contributed by atoms with Crippen molar-refractivity contribution < 1.29 is 28.5 Å². The Bertz CT molecular complexity index is 1020. The van der Waals surface area contributed by atoms with E-state index in [0.29, 0.717) is 17.4 Å². The van der Waals surface area contributed by atoms with E-state index in [1.165, 1.54) is 13.8 Å². The van der Waals surface area contributed by atoms with Gasteiger partial charge in [0.15, 0.2) is 6.10 Å². The summed E-state index contributed by atoms with van der Waals surface area (Å²) in [5, 5.41) is 0. The molecule has 0 aliphatic heterocycles. The number of fused-ring (bicyclic) bond motifs is 2. The highest BCUT2D eigenvalue weighted by Gasteiger charge is 2.36. The standard InChI is InChI=1S/C26H38O6.C8H14/c1-9-24(31-20(7)28)26(22(14-18(4)5)16-30-19(6)27)32-23-13-12-21(11-10-17(2)3)25(15-23)29-8;1-6-4-7-2-3-8(6)5-7/h9,12-15,17,22,26H,10-11,16H2,1-8H3;6-8H,2-5H2,1H3/b24-9+;. The molecule has 40 heavy (non-hydrogen) atoms. The summed E-state index contributed by atoms with van der Waals surface area (Å²) < 4.78 is 22.6. The molecule has 1 aromatic rings. The summed E-state index contributed by atoms with van der Waals surface area (Å²) in [5.74, 6) is 4.43. The quantitative estimate of drug-likeness (QED) is 0.147. The Hall–Kier alpha value is -2.76. The normalized spacial score (nSPS) is 21.1. The maximum Gasteiger partial charge on any atom is 0.307 e. The van der Waals surface area contributed by atoms with Crippen LogP contribution < -0.4 is 9.47 Å². The number of ether oxygens (including phenoxy) is 4. The Labute approximate surface area is 242 Å². The molecule has 2 fully saturated rings. The third-order valence-electron chi connectivity index (χ3n) is 7.85. The number of esters is 2. The van der Waals surface area contributed by atoms with Crippen LogP contribution in [0.2, 0.25) is 0 Å². The lowest BCUT2D eigenvalue weighted by atomic mass is 9.91.